The molecule has 0 saturated heterocycles. The molecule has 4 nitrogen and oxygen atoms in total. The van der Waals surface area contributed by atoms with E-state index in [9.17, 15) is 14.0 Å². The van der Waals surface area contributed by atoms with Gasteiger partial charge in [-0.2, -0.15) is 0 Å². The van der Waals surface area contributed by atoms with E-state index < -0.39 is 17.6 Å². The molecule has 2 N–H and O–H groups in total. The molecule has 6 heteroatoms. The second-order valence-electron chi connectivity index (χ2n) is 2.73. The van der Waals surface area contributed by atoms with Crippen molar-refractivity contribution in [3.05, 3.63) is 34.1 Å². The average Bonchev–Trinajstić information content (AvgIpc) is 2.14. The predicted molar refractivity (Wildman–Crippen MR) is 55.4 cm³/mol. The highest BCUT2D eigenvalue weighted by molar-refractivity contribution is 9.10. The number of carbonyl (C=O) groups is 2. The number of hydrazine groups is 1. The van der Waals surface area contributed by atoms with Crippen LogP contribution in [0.4, 0.5) is 4.39 Å². The van der Waals surface area contributed by atoms with Crippen molar-refractivity contribution in [3.8, 4) is 0 Å². The van der Waals surface area contributed by atoms with Crippen LogP contribution in [-0.4, -0.2) is 11.8 Å². The van der Waals surface area contributed by atoms with Crippen molar-refractivity contribution in [1.29, 1.82) is 0 Å². The van der Waals surface area contributed by atoms with Crippen molar-refractivity contribution >= 4 is 27.7 Å². The summed E-state index contributed by atoms with van der Waals surface area (Å²) < 4.78 is 13.5. The van der Waals surface area contributed by atoms with Crippen molar-refractivity contribution in [3.63, 3.8) is 0 Å². The van der Waals surface area contributed by atoms with Crippen molar-refractivity contribution < 1.29 is 14.0 Å². The summed E-state index contributed by atoms with van der Waals surface area (Å²) in [4.78, 5) is 21.9. The average molecular weight is 275 g/mol. The van der Waals surface area contributed by atoms with E-state index >= 15 is 0 Å². The summed E-state index contributed by atoms with van der Waals surface area (Å²) >= 11 is 3.04. The quantitative estimate of drug-likeness (QED) is 0.760. The summed E-state index contributed by atoms with van der Waals surface area (Å²) in [6.45, 7) is 1.23. The Labute approximate surface area is 94.0 Å². The molecular formula is C9H8BrFN2O2. The third-order valence-corrected chi connectivity index (χ3v) is 2.20. The molecule has 0 unspecified atom stereocenters. The first kappa shape index (κ1) is 11.6. The van der Waals surface area contributed by atoms with Gasteiger partial charge in [0, 0.05) is 11.4 Å². The van der Waals surface area contributed by atoms with Crippen LogP contribution in [0.1, 0.15) is 17.3 Å². The predicted octanol–water partition coefficient (Wildman–Crippen LogP) is 1.37. The Balaban J connectivity index is 2.86. The van der Waals surface area contributed by atoms with Gasteiger partial charge in [0.05, 0.1) is 5.56 Å². The van der Waals surface area contributed by atoms with E-state index in [4.69, 9.17) is 0 Å². The summed E-state index contributed by atoms with van der Waals surface area (Å²) in [5, 5.41) is 0. The highest BCUT2D eigenvalue weighted by Crippen LogP contribution is 2.18. The van der Waals surface area contributed by atoms with Crippen LogP contribution in [0, 0.1) is 5.82 Å². The molecule has 0 heterocycles. The maximum atomic E-state index is 13.2. The Morgan fingerprint density at radius 2 is 2.00 bits per heavy atom. The van der Waals surface area contributed by atoms with Gasteiger partial charge in [-0.1, -0.05) is 6.07 Å². The first-order valence-electron chi connectivity index (χ1n) is 4.03. The van der Waals surface area contributed by atoms with Crippen molar-refractivity contribution in [1.82, 2.24) is 10.9 Å². The summed E-state index contributed by atoms with van der Waals surface area (Å²) in [6.07, 6.45) is 0. The summed E-state index contributed by atoms with van der Waals surface area (Å²) in [5.74, 6) is -1.81. The smallest absolute Gasteiger partial charge is 0.273 e. The second kappa shape index (κ2) is 4.88. The maximum absolute atomic E-state index is 13.2. The van der Waals surface area contributed by atoms with Gasteiger partial charge < -0.3 is 0 Å². The molecule has 0 aliphatic heterocycles. The number of hydrogen-bond acceptors (Lipinski definition) is 2. The van der Waals surface area contributed by atoms with Gasteiger partial charge in [-0.05, 0) is 28.1 Å². The number of carbonyl (C=O) groups excluding carboxylic acids is 2. The number of benzene rings is 1. The number of hydrogen-bond donors (Lipinski definition) is 2. The fourth-order valence-corrected chi connectivity index (χ4v) is 1.44. The molecule has 0 aromatic heterocycles. The third-order valence-electron chi connectivity index (χ3n) is 1.54. The molecule has 1 aromatic carbocycles. The maximum Gasteiger partial charge on any atom is 0.273 e. The number of halogens is 2. The largest absolute Gasteiger partial charge is 0.274 e. The molecule has 80 valence electrons. The van der Waals surface area contributed by atoms with Crippen LogP contribution < -0.4 is 10.9 Å². The van der Waals surface area contributed by atoms with Crippen molar-refractivity contribution in [2.75, 3.05) is 0 Å². The van der Waals surface area contributed by atoms with Crippen LogP contribution in [-0.2, 0) is 4.79 Å². The minimum Gasteiger partial charge on any atom is -0.274 e. The fraction of sp³-hybridized carbons (Fsp3) is 0.111. The molecule has 1 aromatic rings. The Morgan fingerprint density at radius 1 is 1.33 bits per heavy atom. The topological polar surface area (TPSA) is 58.2 Å². The Hall–Kier alpha value is -1.43. The standard InChI is InChI=1S/C9H8BrFN2O2/c1-5(14)12-13-9(15)8-6(10)3-2-4-7(8)11/h2-4H,1H3,(H,12,14)(H,13,15). The zero-order valence-corrected chi connectivity index (χ0v) is 9.39. The molecule has 0 atom stereocenters. The Bertz CT molecular complexity index is 389. The van der Waals surface area contributed by atoms with E-state index in [0.717, 1.165) is 6.07 Å². The minimum atomic E-state index is -0.713. The van der Waals surface area contributed by atoms with Crippen molar-refractivity contribution in [2.24, 2.45) is 0 Å². The van der Waals surface area contributed by atoms with Crippen LogP contribution >= 0.6 is 15.9 Å². The summed E-state index contributed by atoms with van der Waals surface area (Å²) in [6, 6.07) is 4.16. The lowest BCUT2D eigenvalue weighted by Gasteiger charge is -2.07. The van der Waals surface area contributed by atoms with Gasteiger partial charge in [-0.25, -0.2) is 4.39 Å². The monoisotopic (exact) mass is 274 g/mol. The lowest BCUT2D eigenvalue weighted by atomic mass is 10.2. The summed E-state index contributed by atoms with van der Waals surface area (Å²) in [7, 11) is 0. The Kier molecular flexibility index (Phi) is 3.79. The van der Waals surface area contributed by atoms with Gasteiger partial charge in [-0.3, -0.25) is 20.4 Å². The fourth-order valence-electron chi connectivity index (χ4n) is 0.922. The number of rotatable bonds is 1. The second-order valence-corrected chi connectivity index (χ2v) is 3.59. The van der Waals surface area contributed by atoms with Crippen LogP contribution in [0.5, 0.6) is 0 Å². The van der Waals surface area contributed by atoms with Crippen LogP contribution in [0.3, 0.4) is 0 Å². The normalized spacial score (nSPS) is 9.53. The molecule has 0 aliphatic rings. The van der Waals surface area contributed by atoms with Crippen LogP contribution in [0.2, 0.25) is 0 Å². The third kappa shape index (κ3) is 3.02. The lowest BCUT2D eigenvalue weighted by molar-refractivity contribution is -0.119. The molecule has 1 rings (SSSR count). The van der Waals surface area contributed by atoms with E-state index in [1.54, 1.807) is 0 Å². The minimum absolute atomic E-state index is 0.147. The molecule has 0 aliphatic carbocycles. The molecule has 0 spiro atoms. The van der Waals surface area contributed by atoms with Gasteiger partial charge >= 0.3 is 0 Å². The van der Waals surface area contributed by atoms with Crippen LogP contribution in [0.15, 0.2) is 22.7 Å². The van der Waals surface area contributed by atoms with E-state index in [-0.39, 0.29) is 5.56 Å². The number of nitrogens with one attached hydrogen (secondary N) is 2. The summed E-state index contributed by atoms with van der Waals surface area (Å²) in [5.41, 5.74) is 4.00. The van der Waals surface area contributed by atoms with E-state index in [2.05, 4.69) is 26.8 Å². The van der Waals surface area contributed by atoms with E-state index in [1.807, 2.05) is 0 Å². The molecular weight excluding hydrogens is 267 g/mol. The van der Waals surface area contributed by atoms with Gasteiger partial charge in [0.2, 0.25) is 5.91 Å². The van der Waals surface area contributed by atoms with Gasteiger partial charge in [0.25, 0.3) is 5.91 Å². The molecule has 0 saturated carbocycles. The van der Waals surface area contributed by atoms with Crippen molar-refractivity contribution in [2.45, 2.75) is 6.92 Å². The van der Waals surface area contributed by atoms with Crippen LogP contribution in [0.25, 0.3) is 0 Å². The lowest BCUT2D eigenvalue weighted by Crippen LogP contribution is -2.40. The molecule has 0 bridgehead atoms. The SMILES string of the molecule is CC(=O)NNC(=O)c1c(F)cccc1Br. The van der Waals surface area contributed by atoms with Gasteiger partial charge in [0.1, 0.15) is 5.82 Å². The van der Waals surface area contributed by atoms with E-state index in [0.29, 0.717) is 4.47 Å². The molecule has 0 fully saturated rings. The van der Waals surface area contributed by atoms with E-state index in [1.165, 1.54) is 19.1 Å². The van der Waals surface area contributed by atoms with Gasteiger partial charge in [0.15, 0.2) is 0 Å². The molecule has 15 heavy (non-hydrogen) atoms. The first-order valence-corrected chi connectivity index (χ1v) is 4.82. The van der Waals surface area contributed by atoms with Gasteiger partial charge in [-0.15, -0.1) is 0 Å². The Morgan fingerprint density at radius 3 is 2.53 bits per heavy atom. The highest BCUT2D eigenvalue weighted by atomic mass is 79.9. The zero-order valence-electron chi connectivity index (χ0n) is 7.80. The number of amides is 2. The first-order chi connectivity index (χ1) is 7.02. The molecule has 0 radical (unpaired) electrons. The molecule has 2 amide bonds. The zero-order chi connectivity index (χ0) is 11.4. The highest BCUT2D eigenvalue weighted by Gasteiger charge is 2.14.